The lowest BCUT2D eigenvalue weighted by Gasteiger charge is -2.26. The Bertz CT molecular complexity index is 1060. The third-order valence-corrected chi connectivity index (χ3v) is 6.36. The van der Waals surface area contributed by atoms with E-state index in [-0.39, 0.29) is 35.8 Å². The fourth-order valence-electron chi connectivity index (χ4n) is 3.58. The highest BCUT2D eigenvalue weighted by Crippen LogP contribution is 2.31. The van der Waals surface area contributed by atoms with Gasteiger partial charge in [-0.15, -0.1) is 45.5 Å². The van der Waals surface area contributed by atoms with E-state index in [9.17, 15) is 4.79 Å². The van der Waals surface area contributed by atoms with Crippen LogP contribution >= 0.6 is 35.3 Å². The standard InChI is InChI=1S/C22H27N7OS.HI/c1-15-27-28-20(29(15)2)14-25-22(23-10-9-17-6-5-11-31-17)24-13-16-12-21(30)26-19-8-4-3-7-18(16)19;/h3-8,11,16H,9-10,12-14H2,1-2H3,(H,26,30)(H2,23,24,25);1H. The van der Waals surface area contributed by atoms with Gasteiger partial charge in [0.15, 0.2) is 11.8 Å². The number of hydrogen-bond acceptors (Lipinski definition) is 5. The number of guanidine groups is 1. The van der Waals surface area contributed by atoms with Crippen molar-refractivity contribution in [2.45, 2.75) is 32.2 Å². The van der Waals surface area contributed by atoms with Crippen LogP contribution in [0.5, 0.6) is 0 Å². The summed E-state index contributed by atoms with van der Waals surface area (Å²) in [6.45, 7) is 3.73. The molecule has 0 fully saturated rings. The van der Waals surface area contributed by atoms with Gasteiger partial charge in [0.2, 0.25) is 5.91 Å². The van der Waals surface area contributed by atoms with Crippen LogP contribution in [0.1, 0.15) is 34.4 Å². The van der Waals surface area contributed by atoms with Gasteiger partial charge in [-0.25, -0.2) is 4.99 Å². The van der Waals surface area contributed by atoms with Crippen molar-refractivity contribution in [1.82, 2.24) is 25.4 Å². The first kappa shape index (κ1) is 24.2. The average Bonchev–Trinajstić information content (AvgIpc) is 3.40. The van der Waals surface area contributed by atoms with Gasteiger partial charge in [-0.3, -0.25) is 4.79 Å². The lowest BCUT2D eigenvalue weighted by atomic mass is 9.90. The van der Waals surface area contributed by atoms with Crippen molar-refractivity contribution >= 4 is 52.9 Å². The molecule has 1 amide bonds. The van der Waals surface area contributed by atoms with E-state index < -0.39 is 0 Å². The highest BCUT2D eigenvalue weighted by atomic mass is 127. The molecule has 0 radical (unpaired) electrons. The number of para-hydroxylation sites is 1. The minimum atomic E-state index is 0. The van der Waals surface area contributed by atoms with Crippen LogP contribution in [-0.4, -0.2) is 39.7 Å². The molecule has 32 heavy (non-hydrogen) atoms. The second-order valence-electron chi connectivity index (χ2n) is 7.56. The number of halogens is 1. The number of hydrogen-bond donors (Lipinski definition) is 3. The van der Waals surface area contributed by atoms with Crippen molar-refractivity contribution in [1.29, 1.82) is 0 Å². The number of aromatic nitrogens is 3. The molecule has 3 aromatic rings. The molecule has 0 saturated carbocycles. The Morgan fingerprint density at radius 2 is 2.09 bits per heavy atom. The summed E-state index contributed by atoms with van der Waals surface area (Å²) in [5, 5.41) is 20.2. The van der Waals surface area contributed by atoms with Gasteiger partial charge in [-0.2, -0.15) is 0 Å². The molecule has 1 aliphatic rings. The smallest absolute Gasteiger partial charge is 0.225 e. The SMILES string of the molecule is Cc1nnc(CN=C(NCCc2cccs2)NCC2CC(=O)Nc3ccccc32)n1C.I. The third-order valence-electron chi connectivity index (χ3n) is 5.43. The van der Waals surface area contributed by atoms with Crippen LogP contribution in [0.4, 0.5) is 5.69 Å². The molecule has 0 saturated heterocycles. The van der Waals surface area contributed by atoms with Gasteiger partial charge in [-0.1, -0.05) is 24.3 Å². The fourth-order valence-corrected chi connectivity index (χ4v) is 4.28. The van der Waals surface area contributed by atoms with Gasteiger partial charge >= 0.3 is 0 Å². The number of nitrogens with zero attached hydrogens (tertiary/aromatic N) is 4. The Morgan fingerprint density at radius 3 is 2.84 bits per heavy atom. The quantitative estimate of drug-likeness (QED) is 0.232. The molecule has 0 spiro atoms. The number of benzene rings is 1. The van der Waals surface area contributed by atoms with E-state index in [1.54, 1.807) is 11.3 Å². The fraction of sp³-hybridized carbons (Fsp3) is 0.364. The summed E-state index contributed by atoms with van der Waals surface area (Å²) in [5.41, 5.74) is 2.04. The zero-order chi connectivity index (χ0) is 21.6. The van der Waals surface area contributed by atoms with E-state index >= 15 is 0 Å². The maximum Gasteiger partial charge on any atom is 0.225 e. The first-order valence-corrected chi connectivity index (χ1v) is 11.3. The van der Waals surface area contributed by atoms with E-state index in [1.165, 1.54) is 4.88 Å². The average molecular weight is 565 g/mol. The molecule has 1 unspecified atom stereocenters. The summed E-state index contributed by atoms with van der Waals surface area (Å²) in [6.07, 6.45) is 1.38. The van der Waals surface area contributed by atoms with Crippen LogP contribution in [0.15, 0.2) is 46.8 Å². The molecule has 8 nitrogen and oxygen atoms in total. The van der Waals surface area contributed by atoms with Crippen molar-refractivity contribution < 1.29 is 4.79 Å². The van der Waals surface area contributed by atoms with E-state index in [0.717, 1.165) is 35.9 Å². The van der Waals surface area contributed by atoms with E-state index in [0.29, 0.717) is 25.5 Å². The molecule has 4 rings (SSSR count). The zero-order valence-corrected chi connectivity index (χ0v) is 21.3. The van der Waals surface area contributed by atoms with Crippen LogP contribution in [0.25, 0.3) is 0 Å². The number of rotatable bonds is 7. The number of aliphatic imine (C=N–C) groups is 1. The van der Waals surface area contributed by atoms with Crippen molar-refractivity contribution in [3.63, 3.8) is 0 Å². The Hall–Kier alpha value is -2.47. The van der Waals surface area contributed by atoms with E-state index in [1.807, 2.05) is 36.7 Å². The summed E-state index contributed by atoms with van der Waals surface area (Å²) < 4.78 is 1.94. The van der Waals surface area contributed by atoms with Gasteiger partial charge in [0.05, 0.1) is 0 Å². The number of thiophene rings is 1. The number of fused-ring (bicyclic) bond motifs is 1. The predicted molar refractivity (Wildman–Crippen MR) is 139 cm³/mol. The number of carbonyl (C=O) groups excluding carboxylic acids is 1. The largest absolute Gasteiger partial charge is 0.356 e. The van der Waals surface area contributed by atoms with Crippen LogP contribution in [-0.2, 0) is 24.8 Å². The summed E-state index contributed by atoms with van der Waals surface area (Å²) in [6, 6.07) is 12.2. The molecular weight excluding hydrogens is 537 g/mol. The highest BCUT2D eigenvalue weighted by Gasteiger charge is 2.24. The van der Waals surface area contributed by atoms with Crippen molar-refractivity contribution in [3.8, 4) is 0 Å². The summed E-state index contributed by atoms with van der Waals surface area (Å²) in [5.74, 6) is 2.51. The zero-order valence-electron chi connectivity index (χ0n) is 18.2. The molecule has 0 aliphatic carbocycles. The second kappa shape index (κ2) is 11.4. The Morgan fingerprint density at radius 1 is 1.25 bits per heavy atom. The normalized spacial score (nSPS) is 15.5. The van der Waals surface area contributed by atoms with E-state index in [2.05, 4.69) is 49.7 Å². The van der Waals surface area contributed by atoms with Gasteiger partial charge in [0.25, 0.3) is 0 Å². The van der Waals surface area contributed by atoms with Crippen LogP contribution in [0, 0.1) is 6.92 Å². The van der Waals surface area contributed by atoms with Crippen molar-refractivity contribution in [2.75, 3.05) is 18.4 Å². The molecule has 1 aromatic carbocycles. The molecule has 10 heteroatoms. The molecule has 170 valence electrons. The van der Waals surface area contributed by atoms with E-state index in [4.69, 9.17) is 4.99 Å². The summed E-state index contributed by atoms with van der Waals surface area (Å²) in [7, 11) is 1.94. The second-order valence-corrected chi connectivity index (χ2v) is 8.59. The monoisotopic (exact) mass is 565 g/mol. The molecule has 2 aromatic heterocycles. The number of carbonyl (C=O) groups is 1. The number of nitrogens with one attached hydrogen (secondary N) is 3. The minimum absolute atomic E-state index is 0. The molecule has 0 bridgehead atoms. The molecule has 1 aliphatic heterocycles. The lowest BCUT2D eigenvalue weighted by Crippen LogP contribution is -2.41. The highest BCUT2D eigenvalue weighted by molar-refractivity contribution is 14.0. The Labute approximate surface area is 209 Å². The summed E-state index contributed by atoms with van der Waals surface area (Å²) in [4.78, 5) is 18.2. The van der Waals surface area contributed by atoms with Crippen LogP contribution in [0.2, 0.25) is 0 Å². The minimum Gasteiger partial charge on any atom is -0.356 e. The van der Waals surface area contributed by atoms with Crippen LogP contribution < -0.4 is 16.0 Å². The summed E-state index contributed by atoms with van der Waals surface area (Å²) >= 11 is 1.75. The van der Waals surface area contributed by atoms with Gasteiger partial charge < -0.3 is 20.5 Å². The van der Waals surface area contributed by atoms with Gasteiger partial charge in [0.1, 0.15) is 12.4 Å². The third kappa shape index (κ3) is 6.06. The van der Waals surface area contributed by atoms with Crippen LogP contribution in [0.3, 0.4) is 0 Å². The maximum absolute atomic E-state index is 12.1. The molecule has 1 atom stereocenters. The van der Waals surface area contributed by atoms with Crippen molar-refractivity contribution in [2.24, 2.45) is 12.0 Å². The number of anilines is 1. The topological polar surface area (TPSA) is 96.2 Å². The van der Waals surface area contributed by atoms with Gasteiger partial charge in [-0.05, 0) is 36.4 Å². The maximum atomic E-state index is 12.1. The molecular formula is C22H28IN7OS. The number of amides is 1. The Kier molecular flexibility index (Phi) is 8.62. The molecule has 3 heterocycles. The lowest BCUT2D eigenvalue weighted by molar-refractivity contribution is -0.116. The van der Waals surface area contributed by atoms with Gasteiger partial charge in [0, 0.05) is 43.0 Å². The first-order chi connectivity index (χ1) is 15.1. The first-order valence-electron chi connectivity index (χ1n) is 10.4. The van der Waals surface area contributed by atoms with Crippen molar-refractivity contribution in [3.05, 3.63) is 63.9 Å². The number of aryl methyl sites for hydroxylation is 1. The molecule has 3 N–H and O–H groups in total. The Balaban J connectivity index is 0.00000289. The predicted octanol–water partition coefficient (Wildman–Crippen LogP) is 3.21.